The van der Waals surface area contributed by atoms with Gasteiger partial charge >= 0.3 is 11.9 Å². The third-order valence-corrected chi connectivity index (χ3v) is 15.7. The molecule has 0 aromatic carbocycles. The van der Waals surface area contributed by atoms with Gasteiger partial charge in [-0.2, -0.15) is 0 Å². The average Bonchev–Trinajstić information content (AvgIpc) is 3.40. The van der Waals surface area contributed by atoms with E-state index < -0.39 is 6.10 Å². The van der Waals surface area contributed by atoms with Gasteiger partial charge in [0, 0.05) is 12.8 Å². The van der Waals surface area contributed by atoms with Gasteiger partial charge < -0.3 is 14.6 Å². The highest BCUT2D eigenvalue weighted by Gasteiger charge is 2.16. The Morgan fingerprint density at radius 2 is 0.541 bits per heavy atom. The van der Waals surface area contributed by atoms with Gasteiger partial charge in [0.2, 0.25) is 0 Å². The normalized spacial score (nSPS) is 12.2. The van der Waals surface area contributed by atoms with Crippen molar-refractivity contribution in [1.29, 1.82) is 0 Å². The number of rotatable bonds is 64. The molecule has 0 aromatic rings. The number of hydrogen-bond acceptors (Lipinski definition) is 5. The van der Waals surface area contributed by atoms with Gasteiger partial charge in [-0.05, 0) is 44.9 Å². The second kappa shape index (κ2) is 65.7. The van der Waals surface area contributed by atoms with Gasteiger partial charge in [0.05, 0.1) is 6.61 Å². The lowest BCUT2D eigenvalue weighted by Gasteiger charge is -2.15. The van der Waals surface area contributed by atoms with Crippen molar-refractivity contribution in [2.75, 3.05) is 13.2 Å². The molecule has 0 aliphatic carbocycles. The number of allylic oxidation sites excluding steroid dienone is 4. The number of carbonyl (C=O) groups is 2. The number of carbonyl (C=O) groups excluding carboxylic acids is 2. The summed E-state index contributed by atoms with van der Waals surface area (Å²) in [6.07, 6.45) is 85.0. The van der Waals surface area contributed by atoms with Gasteiger partial charge in [-0.1, -0.05) is 353 Å². The molecule has 1 unspecified atom stereocenters. The maximum Gasteiger partial charge on any atom is 0.306 e. The van der Waals surface area contributed by atoms with E-state index in [-0.39, 0.29) is 25.2 Å². The first kappa shape index (κ1) is 72.4. The van der Waals surface area contributed by atoms with E-state index in [1.54, 1.807) is 0 Å². The predicted octanol–water partition coefficient (Wildman–Crippen LogP) is 23.2. The topological polar surface area (TPSA) is 72.8 Å². The van der Waals surface area contributed by atoms with Crippen molar-refractivity contribution < 1.29 is 24.2 Å². The second-order valence-corrected chi connectivity index (χ2v) is 23.3. The maximum atomic E-state index is 12.4. The third-order valence-electron chi connectivity index (χ3n) is 15.7. The van der Waals surface area contributed by atoms with Crippen molar-refractivity contribution in [2.24, 2.45) is 0 Å². The Kier molecular flexibility index (Phi) is 64.2. The minimum atomic E-state index is -0.768. The first-order valence-electron chi connectivity index (χ1n) is 33.9. The van der Waals surface area contributed by atoms with Crippen LogP contribution < -0.4 is 0 Å². The van der Waals surface area contributed by atoms with Crippen molar-refractivity contribution in [1.82, 2.24) is 0 Å². The lowest BCUT2D eigenvalue weighted by Crippen LogP contribution is -2.28. The van der Waals surface area contributed by atoms with Crippen LogP contribution in [0.3, 0.4) is 0 Å². The van der Waals surface area contributed by atoms with E-state index in [1.807, 2.05) is 0 Å². The molecule has 1 N–H and O–H groups in total. The number of hydrogen-bond donors (Lipinski definition) is 1. The molecule has 1 atom stereocenters. The van der Waals surface area contributed by atoms with Gasteiger partial charge in [-0.15, -0.1) is 0 Å². The lowest BCUT2D eigenvalue weighted by molar-refractivity contribution is -0.161. The molecule has 0 aliphatic rings. The molecular formula is C69H132O5. The smallest absolute Gasteiger partial charge is 0.306 e. The van der Waals surface area contributed by atoms with E-state index in [1.165, 1.54) is 321 Å². The summed E-state index contributed by atoms with van der Waals surface area (Å²) in [5.74, 6) is -0.563. The summed E-state index contributed by atoms with van der Waals surface area (Å²) in [7, 11) is 0. The van der Waals surface area contributed by atoms with Gasteiger partial charge in [-0.3, -0.25) is 9.59 Å². The zero-order valence-corrected chi connectivity index (χ0v) is 50.4. The van der Waals surface area contributed by atoms with Gasteiger partial charge in [0.25, 0.3) is 0 Å². The Morgan fingerprint density at radius 1 is 0.311 bits per heavy atom. The first-order chi connectivity index (χ1) is 36.6. The van der Waals surface area contributed by atoms with Gasteiger partial charge in [0.1, 0.15) is 6.61 Å². The van der Waals surface area contributed by atoms with E-state index >= 15 is 0 Å². The van der Waals surface area contributed by atoms with E-state index in [0.29, 0.717) is 12.8 Å². The van der Waals surface area contributed by atoms with Crippen molar-refractivity contribution in [3.63, 3.8) is 0 Å². The molecule has 0 heterocycles. The van der Waals surface area contributed by atoms with Crippen molar-refractivity contribution in [3.8, 4) is 0 Å². The molecule has 74 heavy (non-hydrogen) atoms. The molecule has 5 heteroatoms. The molecule has 0 saturated heterocycles. The fraction of sp³-hybridized carbons (Fsp3) is 0.913. The fourth-order valence-electron chi connectivity index (χ4n) is 10.7. The molecule has 0 rings (SSSR count). The fourth-order valence-corrected chi connectivity index (χ4v) is 10.7. The number of unbranched alkanes of at least 4 members (excludes halogenated alkanes) is 52. The van der Waals surface area contributed by atoms with Gasteiger partial charge in [0.15, 0.2) is 6.10 Å². The average molecular weight is 1040 g/mol. The molecule has 0 spiro atoms. The largest absolute Gasteiger partial charge is 0.462 e. The summed E-state index contributed by atoms with van der Waals surface area (Å²) in [5.41, 5.74) is 0. The maximum absolute atomic E-state index is 12.4. The monoisotopic (exact) mass is 1040 g/mol. The lowest BCUT2D eigenvalue weighted by atomic mass is 10.0. The van der Waals surface area contributed by atoms with Crippen LogP contribution in [0.25, 0.3) is 0 Å². The quantitative estimate of drug-likeness (QED) is 0.0373. The van der Waals surface area contributed by atoms with Crippen LogP contribution in [0.2, 0.25) is 0 Å². The van der Waals surface area contributed by atoms with Crippen LogP contribution in [0.15, 0.2) is 24.3 Å². The molecule has 438 valence electrons. The van der Waals surface area contributed by atoms with Crippen LogP contribution in [-0.4, -0.2) is 36.4 Å². The number of ether oxygens (including phenoxy) is 2. The summed E-state index contributed by atoms with van der Waals surface area (Å²) in [5, 5.41) is 9.69. The first-order valence-corrected chi connectivity index (χ1v) is 33.9. The molecular weight excluding hydrogens is 909 g/mol. The van der Waals surface area contributed by atoms with E-state index in [2.05, 4.69) is 38.2 Å². The van der Waals surface area contributed by atoms with E-state index in [9.17, 15) is 14.7 Å². The molecule has 0 saturated carbocycles. The summed E-state index contributed by atoms with van der Waals surface area (Å²) in [6.45, 7) is 4.20. The summed E-state index contributed by atoms with van der Waals surface area (Å²) in [6, 6.07) is 0. The Bertz CT molecular complexity index is 1130. The molecule has 0 amide bonds. The number of aliphatic hydroxyl groups is 1. The van der Waals surface area contributed by atoms with Crippen LogP contribution in [0.4, 0.5) is 0 Å². The van der Waals surface area contributed by atoms with Crippen LogP contribution in [0.1, 0.15) is 386 Å². The molecule has 0 aromatic heterocycles. The molecule has 0 bridgehead atoms. The zero-order chi connectivity index (χ0) is 53.4. The van der Waals surface area contributed by atoms with E-state index in [4.69, 9.17) is 9.47 Å². The highest BCUT2D eigenvalue weighted by Crippen LogP contribution is 2.19. The van der Waals surface area contributed by atoms with Crippen molar-refractivity contribution in [2.45, 2.75) is 392 Å². The highest BCUT2D eigenvalue weighted by molar-refractivity contribution is 5.70. The van der Waals surface area contributed by atoms with Crippen LogP contribution in [0.5, 0.6) is 0 Å². The predicted molar refractivity (Wildman–Crippen MR) is 325 cm³/mol. The molecule has 0 aliphatic heterocycles. The second-order valence-electron chi connectivity index (χ2n) is 23.3. The summed E-state index contributed by atoms with van der Waals surface area (Å²) in [4.78, 5) is 24.6. The third kappa shape index (κ3) is 62.9. The van der Waals surface area contributed by atoms with Crippen LogP contribution in [0, 0.1) is 0 Å². The minimum absolute atomic E-state index is 0.0575. The Morgan fingerprint density at radius 3 is 0.797 bits per heavy atom. The van der Waals surface area contributed by atoms with Crippen molar-refractivity contribution >= 4 is 11.9 Å². The minimum Gasteiger partial charge on any atom is -0.462 e. The Hall–Kier alpha value is -1.62. The van der Waals surface area contributed by atoms with Crippen LogP contribution >= 0.6 is 0 Å². The van der Waals surface area contributed by atoms with Gasteiger partial charge in [-0.25, -0.2) is 0 Å². The molecule has 0 fully saturated rings. The Balaban J connectivity index is 3.38. The summed E-state index contributed by atoms with van der Waals surface area (Å²) >= 11 is 0. The van der Waals surface area contributed by atoms with Crippen molar-refractivity contribution in [3.05, 3.63) is 24.3 Å². The number of esters is 2. The summed E-state index contributed by atoms with van der Waals surface area (Å²) < 4.78 is 10.8. The van der Waals surface area contributed by atoms with E-state index in [0.717, 1.165) is 38.5 Å². The van der Waals surface area contributed by atoms with Crippen LogP contribution in [-0.2, 0) is 19.1 Å². The molecule has 0 radical (unpaired) electrons. The Labute approximate surface area is 464 Å². The number of aliphatic hydroxyl groups excluding tert-OH is 1. The SMILES string of the molecule is CCCCCCC/C=C\C/C=C\CCCCCCCCCCCCCCCCCCCCCCCC(=O)OC(CO)COC(=O)CCCCCCCCCCCCCCCCCCCCCCCCCCCCC. The molecule has 5 nitrogen and oxygen atoms in total. The highest BCUT2D eigenvalue weighted by atomic mass is 16.6. The standard InChI is InChI=1S/C69H132O5/c1-3-5-7-9-11-13-15-17-19-21-23-25-27-29-31-32-33-34-35-36-38-40-42-44-46-48-50-52-54-56-58-60-62-64-69(72)74-67(65-70)66-73-68(71)63-61-59-57-55-53-51-49-47-45-43-41-39-37-30-28-26-24-22-20-18-16-14-12-10-8-6-4-2/h15,17,21,23,67,70H,3-14,16,18-20,22,24-66H2,1-2H3/b17-15-,23-21-. The zero-order valence-electron chi connectivity index (χ0n) is 50.4.